The van der Waals surface area contributed by atoms with E-state index in [4.69, 9.17) is 0 Å². The minimum absolute atomic E-state index is 0.0652. The molecule has 0 spiro atoms. The fourth-order valence-electron chi connectivity index (χ4n) is 2.91. The molecule has 3 heterocycles. The van der Waals surface area contributed by atoms with Crippen LogP contribution in [0.1, 0.15) is 45.9 Å². The third-order valence-corrected chi connectivity index (χ3v) is 5.08. The van der Waals surface area contributed by atoms with E-state index in [0.717, 1.165) is 34.7 Å². The van der Waals surface area contributed by atoms with Crippen LogP contribution in [-0.4, -0.2) is 33.0 Å². The summed E-state index contributed by atoms with van der Waals surface area (Å²) in [7, 11) is 1.89. The van der Waals surface area contributed by atoms with Gasteiger partial charge in [0.1, 0.15) is 0 Å². The summed E-state index contributed by atoms with van der Waals surface area (Å²) in [6, 6.07) is 3.86. The van der Waals surface area contributed by atoms with Gasteiger partial charge in [-0.25, -0.2) is 0 Å². The number of carbonyl (C=O) groups excluding carboxylic acids is 2. The van der Waals surface area contributed by atoms with Crippen LogP contribution in [0.15, 0.2) is 24.5 Å². The highest BCUT2D eigenvalue weighted by molar-refractivity contribution is 7.14. The van der Waals surface area contributed by atoms with Crippen molar-refractivity contribution in [3.8, 4) is 0 Å². The molecule has 0 aliphatic carbocycles. The molecule has 0 saturated carbocycles. The Balaban J connectivity index is 1.73. The first-order valence-electron chi connectivity index (χ1n) is 7.67. The van der Waals surface area contributed by atoms with E-state index in [-0.39, 0.29) is 17.9 Å². The predicted molar refractivity (Wildman–Crippen MR) is 88.1 cm³/mol. The van der Waals surface area contributed by atoms with E-state index < -0.39 is 0 Å². The van der Waals surface area contributed by atoms with Gasteiger partial charge in [0.05, 0.1) is 23.7 Å². The van der Waals surface area contributed by atoms with Crippen molar-refractivity contribution in [2.45, 2.75) is 32.4 Å². The maximum Gasteiger partial charge on any atom is 0.264 e. The van der Waals surface area contributed by atoms with E-state index in [2.05, 4.69) is 10.4 Å². The third-order valence-electron chi connectivity index (χ3n) is 4.01. The summed E-state index contributed by atoms with van der Waals surface area (Å²) in [6.45, 7) is 2.74. The number of amides is 2. The second-order valence-electron chi connectivity index (χ2n) is 5.78. The predicted octanol–water partition coefficient (Wildman–Crippen LogP) is 2.09. The highest BCUT2D eigenvalue weighted by Crippen LogP contribution is 2.33. The SMILES string of the molecule is CC(=O)NCc1ccc(C(=O)N2CCCC2c2cnn(C)c2)s1. The molecule has 1 aliphatic rings. The Morgan fingerprint density at radius 1 is 1.43 bits per heavy atom. The number of carbonyl (C=O) groups is 2. The molecule has 1 aliphatic heterocycles. The van der Waals surface area contributed by atoms with Crippen molar-refractivity contribution in [3.63, 3.8) is 0 Å². The van der Waals surface area contributed by atoms with Gasteiger partial charge >= 0.3 is 0 Å². The molecule has 2 amide bonds. The van der Waals surface area contributed by atoms with Crippen molar-refractivity contribution >= 4 is 23.2 Å². The summed E-state index contributed by atoms with van der Waals surface area (Å²) >= 11 is 1.45. The van der Waals surface area contributed by atoms with Crippen LogP contribution in [0.3, 0.4) is 0 Å². The summed E-state index contributed by atoms with van der Waals surface area (Å²) in [5.41, 5.74) is 1.09. The minimum Gasteiger partial charge on any atom is -0.351 e. The molecule has 1 saturated heterocycles. The average molecular weight is 332 g/mol. The lowest BCUT2D eigenvalue weighted by Gasteiger charge is -2.23. The Morgan fingerprint density at radius 2 is 2.26 bits per heavy atom. The molecule has 1 N–H and O–H groups in total. The van der Waals surface area contributed by atoms with Crippen molar-refractivity contribution in [1.82, 2.24) is 20.0 Å². The molecular weight excluding hydrogens is 312 g/mol. The van der Waals surface area contributed by atoms with Crippen molar-refractivity contribution in [2.75, 3.05) is 6.54 Å². The molecule has 2 aromatic rings. The Hall–Kier alpha value is -2.15. The van der Waals surface area contributed by atoms with Crippen LogP contribution in [0.5, 0.6) is 0 Å². The Kier molecular flexibility index (Phi) is 4.47. The number of hydrogen-bond donors (Lipinski definition) is 1. The summed E-state index contributed by atoms with van der Waals surface area (Å²) in [5.74, 6) is -0.00195. The molecule has 23 heavy (non-hydrogen) atoms. The number of aryl methyl sites for hydroxylation is 1. The van der Waals surface area contributed by atoms with Crippen molar-refractivity contribution in [3.05, 3.63) is 39.8 Å². The van der Waals surface area contributed by atoms with Crippen LogP contribution >= 0.6 is 11.3 Å². The maximum atomic E-state index is 12.8. The fourth-order valence-corrected chi connectivity index (χ4v) is 3.81. The van der Waals surface area contributed by atoms with Crippen LogP contribution < -0.4 is 5.32 Å². The van der Waals surface area contributed by atoms with Gasteiger partial charge in [0.15, 0.2) is 0 Å². The van der Waals surface area contributed by atoms with Crippen LogP contribution in [-0.2, 0) is 18.4 Å². The molecule has 1 fully saturated rings. The van der Waals surface area contributed by atoms with E-state index in [1.54, 1.807) is 4.68 Å². The number of aromatic nitrogens is 2. The van der Waals surface area contributed by atoms with Crippen molar-refractivity contribution in [1.29, 1.82) is 0 Å². The number of hydrogen-bond acceptors (Lipinski definition) is 4. The smallest absolute Gasteiger partial charge is 0.264 e. The largest absolute Gasteiger partial charge is 0.351 e. The van der Waals surface area contributed by atoms with Gasteiger partial charge in [0.2, 0.25) is 5.91 Å². The van der Waals surface area contributed by atoms with Crippen LogP contribution in [0.4, 0.5) is 0 Å². The van der Waals surface area contributed by atoms with Crippen LogP contribution in [0.2, 0.25) is 0 Å². The number of nitrogens with one attached hydrogen (secondary N) is 1. The van der Waals surface area contributed by atoms with E-state index in [0.29, 0.717) is 6.54 Å². The van der Waals surface area contributed by atoms with E-state index >= 15 is 0 Å². The van der Waals surface area contributed by atoms with Crippen LogP contribution in [0.25, 0.3) is 0 Å². The van der Waals surface area contributed by atoms with Crippen LogP contribution in [0, 0.1) is 0 Å². The van der Waals surface area contributed by atoms with Gasteiger partial charge in [-0.05, 0) is 25.0 Å². The summed E-state index contributed by atoms with van der Waals surface area (Å²) in [4.78, 5) is 27.4. The van der Waals surface area contributed by atoms with Gasteiger partial charge < -0.3 is 10.2 Å². The van der Waals surface area contributed by atoms with Crippen molar-refractivity contribution in [2.24, 2.45) is 7.05 Å². The normalized spacial score (nSPS) is 17.5. The zero-order valence-corrected chi connectivity index (χ0v) is 14.1. The van der Waals surface area contributed by atoms with E-state index in [1.165, 1.54) is 18.3 Å². The van der Waals surface area contributed by atoms with E-state index in [1.807, 2.05) is 36.5 Å². The molecule has 1 atom stereocenters. The second-order valence-corrected chi connectivity index (χ2v) is 6.95. The fraction of sp³-hybridized carbons (Fsp3) is 0.438. The molecule has 122 valence electrons. The minimum atomic E-state index is -0.0672. The van der Waals surface area contributed by atoms with Gasteiger partial charge in [0.25, 0.3) is 5.91 Å². The lowest BCUT2D eigenvalue weighted by molar-refractivity contribution is -0.119. The first-order valence-corrected chi connectivity index (χ1v) is 8.49. The monoisotopic (exact) mass is 332 g/mol. The highest BCUT2D eigenvalue weighted by atomic mass is 32.1. The molecule has 6 nitrogen and oxygen atoms in total. The zero-order chi connectivity index (χ0) is 16.4. The second kappa shape index (κ2) is 6.54. The van der Waals surface area contributed by atoms with Gasteiger partial charge in [-0.2, -0.15) is 5.10 Å². The lowest BCUT2D eigenvalue weighted by Crippen LogP contribution is -2.29. The molecule has 2 aromatic heterocycles. The standard InChI is InChI=1S/C16H20N4O2S/c1-11(21)17-9-13-5-6-15(23-13)16(22)20-7-3-4-14(20)12-8-18-19(2)10-12/h5-6,8,10,14H,3-4,7,9H2,1-2H3,(H,17,21). The Bertz CT molecular complexity index is 721. The van der Waals surface area contributed by atoms with E-state index in [9.17, 15) is 9.59 Å². The molecular formula is C16H20N4O2S. The maximum absolute atomic E-state index is 12.8. The number of likely N-dealkylation sites (tertiary alicyclic amines) is 1. The summed E-state index contributed by atoms with van der Waals surface area (Å²) < 4.78 is 1.77. The molecule has 0 radical (unpaired) electrons. The number of nitrogens with zero attached hydrogens (tertiary/aromatic N) is 3. The molecule has 1 unspecified atom stereocenters. The Morgan fingerprint density at radius 3 is 2.96 bits per heavy atom. The van der Waals surface area contributed by atoms with Gasteiger partial charge in [-0.3, -0.25) is 14.3 Å². The molecule has 3 rings (SSSR count). The first kappa shape index (κ1) is 15.7. The average Bonchev–Trinajstić information content (AvgIpc) is 3.24. The quantitative estimate of drug-likeness (QED) is 0.932. The lowest BCUT2D eigenvalue weighted by atomic mass is 10.1. The molecule has 7 heteroatoms. The number of thiophene rings is 1. The Labute approximate surface area is 139 Å². The van der Waals surface area contributed by atoms with Gasteiger partial charge in [-0.15, -0.1) is 11.3 Å². The molecule has 0 aromatic carbocycles. The topological polar surface area (TPSA) is 67.2 Å². The first-order chi connectivity index (χ1) is 11.0. The highest BCUT2D eigenvalue weighted by Gasteiger charge is 2.31. The van der Waals surface area contributed by atoms with Crippen molar-refractivity contribution < 1.29 is 9.59 Å². The van der Waals surface area contributed by atoms with Gasteiger partial charge in [-0.1, -0.05) is 0 Å². The zero-order valence-electron chi connectivity index (χ0n) is 13.3. The number of rotatable bonds is 4. The van der Waals surface area contributed by atoms with Gasteiger partial charge in [0, 0.05) is 37.2 Å². The summed E-state index contributed by atoms with van der Waals surface area (Å²) in [6.07, 6.45) is 5.80. The molecule has 0 bridgehead atoms. The summed E-state index contributed by atoms with van der Waals surface area (Å²) in [5, 5.41) is 6.97. The third kappa shape index (κ3) is 3.44.